The minimum absolute atomic E-state index is 0.168. The summed E-state index contributed by atoms with van der Waals surface area (Å²) < 4.78 is 42.2. The minimum atomic E-state index is -4.44. The van der Waals surface area contributed by atoms with E-state index in [1.165, 1.54) is 9.36 Å². The minimum Gasteiger partial charge on any atom is -0.351 e. The molecule has 1 fully saturated rings. The first-order valence-electron chi connectivity index (χ1n) is 8.30. The Morgan fingerprint density at radius 2 is 2.08 bits per heavy atom. The van der Waals surface area contributed by atoms with Crippen LogP contribution in [0.3, 0.4) is 0 Å². The van der Waals surface area contributed by atoms with Gasteiger partial charge in [0.05, 0.1) is 10.2 Å². The third-order valence-corrected chi connectivity index (χ3v) is 5.24. The smallest absolute Gasteiger partial charge is 0.351 e. The fourth-order valence-electron chi connectivity index (χ4n) is 2.85. The maximum atomic E-state index is 12.9. The van der Waals surface area contributed by atoms with Gasteiger partial charge in [-0.3, -0.25) is 14.2 Å². The maximum Gasteiger partial charge on any atom is 0.435 e. The highest BCUT2D eigenvalue weighted by atomic mass is 79.9. The Balaban J connectivity index is 1.58. The Kier molecular flexibility index (Phi) is 5.14. The summed E-state index contributed by atoms with van der Waals surface area (Å²) in [5, 5.41) is 10.6. The molecule has 0 aliphatic heterocycles. The summed E-state index contributed by atoms with van der Waals surface area (Å²) in [5.74, 6) is -0.111. The molecule has 3 rings (SSSR count). The summed E-state index contributed by atoms with van der Waals surface area (Å²) in [6, 6.07) is 1.14. The van der Waals surface area contributed by atoms with Gasteiger partial charge in [0.2, 0.25) is 0 Å². The van der Waals surface area contributed by atoms with Gasteiger partial charge in [-0.2, -0.15) is 23.4 Å². The zero-order chi connectivity index (χ0) is 19.1. The Morgan fingerprint density at radius 1 is 1.38 bits per heavy atom. The SMILES string of the molecule is Cc1nn(C)c(C(=O)NCCCn2nc(C(F)(F)F)cc2C2CC2)c1Br. The first-order chi connectivity index (χ1) is 12.2. The topological polar surface area (TPSA) is 64.7 Å². The highest BCUT2D eigenvalue weighted by Crippen LogP contribution is 2.42. The number of hydrogen-bond acceptors (Lipinski definition) is 3. The number of nitrogens with one attached hydrogen (secondary N) is 1. The predicted octanol–water partition coefficient (Wildman–Crippen LogP) is 3.40. The van der Waals surface area contributed by atoms with Crippen LogP contribution >= 0.6 is 15.9 Å². The number of carbonyl (C=O) groups is 1. The van der Waals surface area contributed by atoms with Crippen LogP contribution in [0.25, 0.3) is 0 Å². The second-order valence-electron chi connectivity index (χ2n) is 6.43. The number of aromatic nitrogens is 4. The van der Waals surface area contributed by atoms with Crippen LogP contribution < -0.4 is 5.32 Å². The zero-order valence-corrected chi connectivity index (χ0v) is 16.0. The molecule has 1 saturated carbocycles. The normalized spacial score (nSPS) is 14.7. The van der Waals surface area contributed by atoms with Crippen LogP contribution in [0.15, 0.2) is 10.5 Å². The molecule has 1 aliphatic rings. The van der Waals surface area contributed by atoms with Crippen molar-refractivity contribution in [2.75, 3.05) is 6.54 Å². The highest BCUT2D eigenvalue weighted by Gasteiger charge is 2.37. The third kappa shape index (κ3) is 3.94. The first-order valence-corrected chi connectivity index (χ1v) is 9.10. The quantitative estimate of drug-likeness (QED) is 0.709. The molecule has 1 amide bonds. The lowest BCUT2D eigenvalue weighted by molar-refractivity contribution is -0.141. The van der Waals surface area contributed by atoms with Gasteiger partial charge in [0.1, 0.15) is 5.69 Å². The second-order valence-corrected chi connectivity index (χ2v) is 7.22. The molecule has 0 bridgehead atoms. The number of nitrogens with zero attached hydrogens (tertiary/aromatic N) is 4. The average molecular weight is 434 g/mol. The van der Waals surface area contributed by atoms with Gasteiger partial charge in [-0.25, -0.2) is 0 Å². The average Bonchev–Trinajstić information content (AvgIpc) is 3.23. The van der Waals surface area contributed by atoms with E-state index in [2.05, 4.69) is 31.4 Å². The molecular formula is C16H19BrF3N5O. The standard InChI is InChI=1S/C16H19BrF3N5O/c1-9-13(17)14(24(2)22-9)15(26)21-6-3-7-25-11(10-4-5-10)8-12(23-25)16(18,19)20/h8,10H,3-7H2,1-2H3,(H,21,26). The molecular weight excluding hydrogens is 415 g/mol. The molecule has 10 heteroatoms. The molecule has 0 spiro atoms. The molecule has 0 saturated heterocycles. The molecule has 2 aromatic rings. The lowest BCUT2D eigenvalue weighted by Gasteiger charge is -2.08. The Bertz CT molecular complexity index is 823. The van der Waals surface area contributed by atoms with Crippen LogP contribution in [-0.2, 0) is 19.8 Å². The number of rotatable bonds is 6. The van der Waals surface area contributed by atoms with Gasteiger partial charge in [-0.05, 0) is 48.2 Å². The number of amides is 1. The van der Waals surface area contributed by atoms with Crippen molar-refractivity contribution in [2.45, 2.75) is 44.8 Å². The summed E-state index contributed by atoms with van der Waals surface area (Å²) in [7, 11) is 1.68. The molecule has 0 radical (unpaired) electrons. The van der Waals surface area contributed by atoms with Crippen molar-refractivity contribution < 1.29 is 18.0 Å². The summed E-state index contributed by atoms with van der Waals surface area (Å²) in [4.78, 5) is 12.3. The van der Waals surface area contributed by atoms with E-state index < -0.39 is 11.9 Å². The molecule has 0 unspecified atom stereocenters. The van der Waals surface area contributed by atoms with Crippen LogP contribution in [0.5, 0.6) is 0 Å². The summed E-state index contributed by atoms with van der Waals surface area (Å²) >= 11 is 3.34. The van der Waals surface area contributed by atoms with Crippen LogP contribution in [0.4, 0.5) is 13.2 Å². The lowest BCUT2D eigenvalue weighted by Crippen LogP contribution is -2.27. The van der Waals surface area contributed by atoms with Gasteiger partial charge in [-0.1, -0.05) is 0 Å². The number of halogens is 4. The first kappa shape index (κ1) is 18.9. The predicted molar refractivity (Wildman–Crippen MR) is 91.8 cm³/mol. The summed E-state index contributed by atoms with van der Waals surface area (Å²) in [5.41, 5.74) is 0.911. The van der Waals surface area contributed by atoms with Gasteiger partial charge in [-0.15, -0.1) is 0 Å². The molecule has 1 N–H and O–H groups in total. The number of hydrogen-bond donors (Lipinski definition) is 1. The maximum absolute atomic E-state index is 12.9. The van der Waals surface area contributed by atoms with Gasteiger partial charge in [0.15, 0.2) is 5.69 Å². The van der Waals surface area contributed by atoms with Gasteiger partial charge in [0, 0.05) is 31.7 Å². The van der Waals surface area contributed by atoms with E-state index in [9.17, 15) is 18.0 Å². The van der Waals surface area contributed by atoms with Crippen LogP contribution in [0, 0.1) is 6.92 Å². The van der Waals surface area contributed by atoms with Crippen molar-refractivity contribution in [2.24, 2.45) is 7.05 Å². The summed E-state index contributed by atoms with van der Waals surface area (Å²) in [6.45, 7) is 2.45. The van der Waals surface area contributed by atoms with Gasteiger partial charge in [0.25, 0.3) is 5.91 Å². The molecule has 26 heavy (non-hydrogen) atoms. The van der Waals surface area contributed by atoms with Crippen molar-refractivity contribution in [1.82, 2.24) is 24.9 Å². The number of aryl methyl sites for hydroxylation is 3. The molecule has 1 aliphatic carbocycles. The van der Waals surface area contributed by atoms with E-state index in [0.29, 0.717) is 41.1 Å². The van der Waals surface area contributed by atoms with Crippen LogP contribution in [0.1, 0.15) is 52.8 Å². The van der Waals surface area contributed by atoms with Crippen LogP contribution in [0.2, 0.25) is 0 Å². The van der Waals surface area contributed by atoms with Crippen LogP contribution in [-0.4, -0.2) is 32.0 Å². The van der Waals surface area contributed by atoms with E-state index in [4.69, 9.17) is 0 Å². The van der Waals surface area contributed by atoms with Gasteiger partial charge < -0.3 is 5.32 Å². The van der Waals surface area contributed by atoms with Crippen molar-refractivity contribution in [1.29, 1.82) is 0 Å². The molecule has 2 aromatic heterocycles. The molecule has 142 valence electrons. The van der Waals surface area contributed by atoms with Gasteiger partial charge >= 0.3 is 6.18 Å². The van der Waals surface area contributed by atoms with E-state index in [0.717, 1.165) is 18.9 Å². The fourth-order valence-corrected chi connectivity index (χ4v) is 3.37. The highest BCUT2D eigenvalue weighted by molar-refractivity contribution is 9.10. The molecule has 6 nitrogen and oxygen atoms in total. The Labute approximate surface area is 156 Å². The lowest BCUT2D eigenvalue weighted by atomic mass is 10.2. The molecule has 0 aromatic carbocycles. The number of carbonyl (C=O) groups excluding carboxylic acids is 1. The Hall–Kier alpha value is -1.84. The van der Waals surface area contributed by atoms with E-state index in [-0.39, 0.29) is 11.8 Å². The molecule has 0 atom stereocenters. The second kappa shape index (κ2) is 7.05. The fraction of sp³-hybridized carbons (Fsp3) is 0.562. The van der Waals surface area contributed by atoms with Crippen molar-refractivity contribution >= 4 is 21.8 Å². The van der Waals surface area contributed by atoms with Crippen molar-refractivity contribution in [3.8, 4) is 0 Å². The number of alkyl halides is 3. The monoisotopic (exact) mass is 433 g/mol. The zero-order valence-electron chi connectivity index (χ0n) is 14.4. The van der Waals surface area contributed by atoms with E-state index >= 15 is 0 Å². The Morgan fingerprint density at radius 3 is 2.62 bits per heavy atom. The van der Waals surface area contributed by atoms with E-state index in [1.54, 1.807) is 14.0 Å². The molecule has 2 heterocycles. The van der Waals surface area contributed by atoms with E-state index in [1.807, 2.05) is 0 Å². The summed E-state index contributed by atoms with van der Waals surface area (Å²) in [6.07, 6.45) is -2.16. The third-order valence-electron chi connectivity index (χ3n) is 4.29. The largest absolute Gasteiger partial charge is 0.435 e. The van der Waals surface area contributed by atoms with Crippen molar-refractivity contribution in [3.63, 3.8) is 0 Å². The van der Waals surface area contributed by atoms with Crippen molar-refractivity contribution in [3.05, 3.63) is 33.3 Å².